The molecule has 0 bridgehead atoms. The van der Waals surface area contributed by atoms with Gasteiger partial charge in [0.25, 0.3) is 11.7 Å². The van der Waals surface area contributed by atoms with Crippen molar-refractivity contribution in [2.75, 3.05) is 12.9 Å². The molecule has 8 nitrogen and oxygen atoms in total. The molecule has 0 atom stereocenters. The monoisotopic (exact) mass is 671 g/mol. The molecule has 0 aliphatic carbocycles. The van der Waals surface area contributed by atoms with Gasteiger partial charge in [0.1, 0.15) is 11.4 Å². The number of thioether (sulfide) groups is 1. The zero-order valence-electron chi connectivity index (χ0n) is 21.8. The summed E-state index contributed by atoms with van der Waals surface area (Å²) in [4.78, 5) is 12.6. The van der Waals surface area contributed by atoms with E-state index in [4.69, 9.17) is 4.74 Å². The number of benzene rings is 3. The summed E-state index contributed by atoms with van der Waals surface area (Å²) in [5.41, 5.74) is 5.91. The van der Waals surface area contributed by atoms with Crippen LogP contribution in [0.2, 0.25) is 0 Å². The molecule has 1 aromatic heterocycles. The van der Waals surface area contributed by atoms with Crippen molar-refractivity contribution in [1.29, 1.82) is 0 Å². The quantitative estimate of drug-likeness (QED) is 0.111. The Morgan fingerprint density at radius 2 is 1.85 bits per heavy atom. The Morgan fingerprint density at radius 3 is 2.49 bits per heavy atom. The van der Waals surface area contributed by atoms with Crippen molar-refractivity contribution < 1.29 is 19.2 Å². The second-order valence-corrected chi connectivity index (χ2v) is 12.3. The van der Waals surface area contributed by atoms with E-state index in [0.29, 0.717) is 15.2 Å². The van der Waals surface area contributed by atoms with Gasteiger partial charge < -0.3 is 9.84 Å². The van der Waals surface area contributed by atoms with Crippen LogP contribution in [0.15, 0.2) is 79.9 Å². The Kier molecular flexibility index (Phi) is 9.14. The van der Waals surface area contributed by atoms with Crippen molar-refractivity contribution in [3.8, 4) is 28.6 Å². The van der Waals surface area contributed by atoms with Crippen LogP contribution in [0.25, 0.3) is 17.1 Å². The molecule has 202 valence electrons. The smallest absolute Gasteiger partial charge is 0.342 e. The van der Waals surface area contributed by atoms with Gasteiger partial charge in [-0.1, -0.05) is 70.5 Å². The fourth-order valence-corrected chi connectivity index (χ4v) is 5.72. The van der Waals surface area contributed by atoms with Crippen LogP contribution in [0, 0.1) is 0 Å². The lowest BCUT2D eigenvalue weighted by atomic mass is 9.87. The van der Waals surface area contributed by atoms with Gasteiger partial charge in [0.05, 0.1) is 29.7 Å². The van der Waals surface area contributed by atoms with Crippen LogP contribution in [-0.4, -0.2) is 35.2 Å². The van der Waals surface area contributed by atoms with Crippen LogP contribution < -0.4 is 19.8 Å². The lowest BCUT2D eigenvalue weighted by Crippen LogP contribution is -2.34. The SMILES string of the molecule is COc1ccc(-[n+]2c(SCC(=O)N/N=C/c3cc(Br)cc(Br)c3[O-])n[nH]c2-c2ccc(C(C)(C)C)cc2)cc1. The molecule has 0 saturated heterocycles. The lowest BCUT2D eigenvalue weighted by molar-refractivity contribution is -0.625. The molecule has 0 unspecified atom stereocenters. The van der Waals surface area contributed by atoms with Gasteiger partial charge in [-0.05, 0) is 76.8 Å². The first kappa shape index (κ1) is 28.8. The summed E-state index contributed by atoms with van der Waals surface area (Å²) in [5.74, 6) is 1.03. The average Bonchev–Trinajstić information content (AvgIpc) is 3.33. The van der Waals surface area contributed by atoms with Crippen LogP contribution in [-0.2, 0) is 10.2 Å². The van der Waals surface area contributed by atoms with Gasteiger partial charge in [-0.15, -0.1) is 5.10 Å². The molecule has 39 heavy (non-hydrogen) atoms. The molecule has 0 fully saturated rings. The highest BCUT2D eigenvalue weighted by Crippen LogP contribution is 2.29. The number of halogens is 2. The standard InChI is InChI=1S/C28H27Br2N5O3S/c1-28(2,3)19-7-5-17(6-8-19)26-33-34-27(35(26)21-9-11-22(38-4)12-10-21)39-16-24(36)32-31-15-18-13-20(29)14-23(30)25(18)37/h5-15H,16H2,1-4H3,(H2,31,32,36,37). The molecular formula is C28H27Br2N5O3S. The van der Waals surface area contributed by atoms with Crippen LogP contribution in [0.5, 0.6) is 11.5 Å². The summed E-state index contributed by atoms with van der Waals surface area (Å²) >= 11 is 7.83. The fourth-order valence-electron chi connectivity index (χ4n) is 3.70. The molecule has 0 saturated carbocycles. The third-order valence-corrected chi connectivity index (χ3v) is 7.78. The highest BCUT2D eigenvalue weighted by molar-refractivity contribution is 9.11. The summed E-state index contributed by atoms with van der Waals surface area (Å²) in [7, 11) is 1.62. The van der Waals surface area contributed by atoms with Gasteiger partial charge in [-0.3, -0.25) is 4.79 Å². The van der Waals surface area contributed by atoms with Gasteiger partial charge in [0, 0.05) is 8.95 Å². The molecular weight excluding hydrogens is 646 g/mol. The predicted molar refractivity (Wildman–Crippen MR) is 159 cm³/mol. The molecule has 0 radical (unpaired) electrons. The zero-order valence-corrected chi connectivity index (χ0v) is 25.8. The highest BCUT2D eigenvalue weighted by Gasteiger charge is 2.25. The molecule has 4 rings (SSSR count). The summed E-state index contributed by atoms with van der Waals surface area (Å²) in [6, 6.07) is 19.3. The minimum absolute atomic E-state index is 0.0398. The first-order chi connectivity index (χ1) is 18.6. The summed E-state index contributed by atoms with van der Waals surface area (Å²) in [5, 5.41) is 24.4. The van der Waals surface area contributed by atoms with Crippen LogP contribution in [0.1, 0.15) is 31.9 Å². The number of H-pyrrole nitrogens is 1. The van der Waals surface area contributed by atoms with Crippen molar-refractivity contribution in [2.24, 2.45) is 5.10 Å². The molecule has 1 amide bonds. The maximum absolute atomic E-state index is 12.6. The van der Waals surface area contributed by atoms with E-state index < -0.39 is 0 Å². The number of amides is 1. The fraction of sp³-hybridized carbons (Fsp3) is 0.214. The summed E-state index contributed by atoms with van der Waals surface area (Å²) in [6.45, 7) is 6.53. The zero-order chi connectivity index (χ0) is 28.2. The molecule has 3 aromatic carbocycles. The van der Waals surface area contributed by atoms with Gasteiger partial charge in [-0.25, -0.2) is 5.43 Å². The van der Waals surface area contributed by atoms with Crippen molar-refractivity contribution in [3.05, 3.63) is 80.7 Å². The lowest BCUT2D eigenvalue weighted by Gasteiger charge is -2.18. The number of aromatic nitrogens is 3. The maximum atomic E-state index is 12.6. The number of hydrogen-bond donors (Lipinski definition) is 2. The number of nitrogens with one attached hydrogen (secondary N) is 2. The molecule has 0 aliphatic heterocycles. The van der Waals surface area contributed by atoms with E-state index in [1.54, 1.807) is 19.2 Å². The Bertz CT molecular complexity index is 1500. The van der Waals surface area contributed by atoms with Crippen molar-refractivity contribution in [3.63, 3.8) is 0 Å². The molecule has 2 N–H and O–H groups in total. The van der Waals surface area contributed by atoms with Gasteiger partial charge >= 0.3 is 5.16 Å². The molecule has 1 heterocycles. The molecule has 4 aromatic rings. The number of carbonyl (C=O) groups is 1. The molecule has 0 spiro atoms. The topological polar surface area (TPSA) is 106 Å². The van der Waals surface area contributed by atoms with Crippen molar-refractivity contribution in [2.45, 2.75) is 31.3 Å². The van der Waals surface area contributed by atoms with E-state index in [1.807, 2.05) is 28.8 Å². The Morgan fingerprint density at radius 1 is 1.15 bits per heavy atom. The second-order valence-electron chi connectivity index (χ2n) is 9.60. The van der Waals surface area contributed by atoms with Crippen LogP contribution in [0.4, 0.5) is 0 Å². The van der Waals surface area contributed by atoms with Crippen LogP contribution in [0.3, 0.4) is 0 Å². The summed E-state index contributed by atoms with van der Waals surface area (Å²) < 4.78 is 8.42. The average molecular weight is 673 g/mol. The predicted octanol–water partition coefficient (Wildman–Crippen LogP) is 5.50. The number of nitrogens with zero attached hydrogens (tertiary/aromatic N) is 3. The van der Waals surface area contributed by atoms with Gasteiger partial charge in [0.15, 0.2) is 0 Å². The first-order valence-electron chi connectivity index (χ1n) is 11.9. The minimum Gasteiger partial charge on any atom is -0.871 e. The Balaban J connectivity index is 1.55. The van der Waals surface area contributed by atoms with E-state index in [0.717, 1.165) is 27.3 Å². The Hall–Kier alpha value is -3.15. The number of hydrazone groups is 1. The minimum atomic E-state index is -0.335. The largest absolute Gasteiger partial charge is 0.871 e. The van der Waals surface area contributed by atoms with Crippen LogP contribution >= 0.6 is 43.6 Å². The summed E-state index contributed by atoms with van der Waals surface area (Å²) in [6.07, 6.45) is 1.33. The first-order valence-corrected chi connectivity index (χ1v) is 14.5. The van der Waals surface area contributed by atoms with Crippen molar-refractivity contribution in [1.82, 2.24) is 15.6 Å². The number of ether oxygens (including phenoxy) is 1. The van der Waals surface area contributed by atoms with E-state index in [2.05, 4.69) is 97.6 Å². The highest BCUT2D eigenvalue weighted by atomic mass is 79.9. The number of methoxy groups -OCH3 is 1. The van der Waals surface area contributed by atoms with E-state index in [-0.39, 0.29) is 22.8 Å². The third-order valence-electron chi connectivity index (χ3n) is 5.79. The maximum Gasteiger partial charge on any atom is 0.342 e. The van der Waals surface area contributed by atoms with E-state index in [9.17, 15) is 9.90 Å². The molecule has 0 aliphatic rings. The third kappa shape index (κ3) is 7.09. The number of aromatic amines is 1. The van der Waals surface area contributed by atoms with E-state index >= 15 is 0 Å². The number of carbonyl (C=O) groups excluding carboxylic acids is 1. The number of rotatable bonds is 8. The van der Waals surface area contributed by atoms with Gasteiger partial charge in [-0.2, -0.15) is 9.67 Å². The number of hydrogen-bond acceptors (Lipinski definition) is 6. The van der Waals surface area contributed by atoms with Gasteiger partial charge in [0.2, 0.25) is 0 Å². The second kappa shape index (κ2) is 12.4. The van der Waals surface area contributed by atoms with Crippen molar-refractivity contribution >= 4 is 55.7 Å². The molecule has 11 heteroatoms. The Labute approximate surface area is 248 Å². The normalized spacial score (nSPS) is 11.6. The van der Waals surface area contributed by atoms with E-state index in [1.165, 1.54) is 23.5 Å².